The van der Waals surface area contributed by atoms with Gasteiger partial charge in [-0.15, -0.1) is 0 Å². The van der Waals surface area contributed by atoms with Crippen molar-refractivity contribution in [1.82, 2.24) is 4.90 Å². The zero-order valence-corrected chi connectivity index (χ0v) is 23.1. The Bertz CT molecular complexity index is 1410. The van der Waals surface area contributed by atoms with Crippen LogP contribution in [0.15, 0.2) is 66.7 Å². The Morgan fingerprint density at radius 1 is 0.857 bits per heavy atom. The molecule has 3 aromatic rings. The summed E-state index contributed by atoms with van der Waals surface area (Å²) in [5.74, 6) is -2.40. The average Bonchev–Trinajstić information content (AvgIpc) is 2.94. The second-order valence-electron chi connectivity index (χ2n) is 11.1. The van der Waals surface area contributed by atoms with E-state index in [1.165, 1.54) is 12.1 Å². The quantitative estimate of drug-likeness (QED) is 0.280. The van der Waals surface area contributed by atoms with Crippen LogP contribution in [-0.2, 0) is 17.1 Å². The highest BCUT2D eigenvalue weighted by Crippen LogP contribution is 2.37. The topological polar surface area (TPSA) is 57.6 Å². The predicted molar refractivity (Wildman–Crippen MR) is 146 cm³/mol. The van der Waals surface area contributed by atoms with Gasteiger partial charge in [0.25, 0.3) is 5.91 Å². The van der Waals surface area contributed by atoms with Crippen LogP contribution in [0.25, 0.3) is 11.1 Å². The van der Waals surface area contributed by atoms with E-state index >= 15 is 0 Å². The number of benzene rings is 3. The van der Waals surface area contributed by atoms with Crippen molar-refractivity contribution in [3.05, 3.63) is 94.5 Å². The molecule has 1 heterocycles. The first-order valence-corrected chi connectivity index (χ1v) is 13.7. The van der Waals surface area contributed by atoms with E-state index < -0.39 is 41.3 Å². The van der Waals surface area contributed by atoms with Gasteiger partial charge in [-0.05, 0) is 83.8 Å². The lowest BCUT2D eigenvalue weighted by atomic mass is 9.83. The molecule has 0 aromatic heterocycles. The number of carbonyl (C=O) groups is 2. The molecule has 0 aliphatic carbocycles. The minimum absolute atomic E-state index is 0.0656. The van der Waals surface area contributed by atoms with Crippen molar-refractivity contribution in [2.75, 3.05) is 13.1 Å². The maximum Gasteiger partial charge on any atom is 0.416 e. The van der Waals surface area contributed by atoms with E-state index in [2.05, 4.69) is 0 Å². The Morgan fingerprint density at radius 3 is 1.95 bits per heavy atom. The van der Waals surface area contributed by atoms with E-state index in [1.807, 2.05) is 19.9 Å². The molecule has 4 rings (SSSR count). The number of carboxylic acids is 1. The normalized spacial score (nSPS) is 16.9. The molecule has 1 aliphatic heterocycles. The minimum atomic E-state index is -4.52. The molecule has 0 radical (unpaired) electrons. The van der Waals surface area contributed by atoms with E-state index in [0.717, 1.165) is 42.0 Å². The summed E-state index contributed by atoms with van der Waals surface area (Å²) in [5.41, 5.74) is 0.821. The number of hydrogen-bond acceptors (Lipinski definition) is 2. The number of aliphatic carboxylic acids is 1. The van der Waals surface area contributed by atoms with Gasteiger partial charge in [0, 0.05) is 24.6 Å². The van der Waals surface area contributed by atoms with Crippen LogP contribution in [-0.4, -0.2) is 35.0 Å². The van der Waals surface area contributed by atoms with Crippen LogP contribution >= 0.6 is 0 Å². The van der Waals surface area contributed by atoms with Gasteiger partial charge < -0.3 is 10.0 Å². The van der Waals surface area contributed by atoms with E-state index in [4.69, 9.17) is 0 Å². The van der Waals surface area contributed by atoms with Crippen molar-refractivity contribution >= 4 is 11.9 Å². The van der Waals surface area contributed by atoms with Crippen molar-refractivity contribution < 1.29 is 41.0 Å². The number of rotatable bonds is 7. The number of piperidine rings is 1. The molecule has 1 fully saturated rings. The Kier molecular flexibility index (Phi) is 9.03. The molecule has 0 bridgehead atoms. The fourth-order valence-electron chi connectivity index (χ4n) is 5.40. The molecule has 1 amide bonds. The third-order valence-electron chi connectivity index (χ3n) is 7.57. The summed E-state index contributed by atoms with van der Waals surface area (Å²) in [6, 6.07) is 14.0. The van der Waals surface area contributed by atoms with Crippen LogP contribution in [0.4, 0.5) is 26.3 Å². The lowest BCUT2D eigenvalue weighted by Gasteiger charge is -2.34. The smallest absolute Gasteiger partial charge is 0.416 e. The molecule has 1 saturated heterocycles. The molecule has 10 heteroatoms. The monoisotopic (exact) mass is 591 g/mol. The van der Waals surface area contributed by atoms with Gasteiger partial charge in [0.2, 0.25) is 0 Å². The number of hydrogen-bond donors (Lipinski definition) is 1. The van der Waals surface area contributed by atoms with Crippen LogP contribution in [0.3, 0.4) is 0 Å². The van der Waals surface area contributed by atoms with Crippen molar-refractivity contribution in [2.45, 2.75) is 57.3 Å². The van der Waals surface area contributed by atoms with Gasteiger partial charge in [0.05, 0.1) is 17.0 Å². The van der Waals surface area contributed by atoms with Crippen LogP contribution in [0.2, 0.25) is 0 Å². The maximum atomic E-state index is 13.2. The lowest BCUT2D eigenvalue weighted by molar-refractivity contribution is -0.139. The van der Waals surface area contributed by atoms with Crippen LogP contribution in [0.5, 0.6) is 0 Å². The first kappa shape index (κ1) is 31.1. The number of nitrogens with zero attached hydrogens (tertiary/aromatic N) is 1. The van der Waals surface area contributed by atoms with Gasteiger partial charge in [-0.2, -0.15) is 26.3 Å². The summed E-state index contributed by atoms with van der Waals surface area (Å²) in [6.45, 7) is 4.48. The number of halogens is 6. The molecule has 0 spiro atoms. The summed E-state index contributed by atoms with van der Waals surface area (Å²) in [7, 11) is 0. The number of likely N-dealkylation sites (tertiary alicyclic amines) is 1. The molecule has 224 valence electrons. The van der Waals surface area contributed by atoms with E-state index in [9.17, 15) is 41.0 Å². The highest BCUT2D eigenvalue weighted by atomic mass is 19.4. The van der Waals surface area contributed by atoms with Gasteiger partial charge in [-0.3, -0.25) is 9.59 Å². The molecule has 1 N–H and O–H groups in total. The van der Waals surface area contributed by atoms with Crippen molar-refractivity contribution in [3.8, 4) is 11.1 Å². The minimum Gasteiger partial charge on any atom is -0.481 e. The third kappa shape index (κ3) is 7.33. The van der Waals surface area contributed by atoms with Crippen molar-refractivity contribution in [3.63, 3.8) is 0 Å². The van der Waals surface area contributed by atoms with Crippen molar-refractivity contribution in [2.24, 2.45) is 5.92 Å². The molecule has 3 aromatic carbocycles. The molecular weight excluding hydrogens is 560 g/mol. The highest BCUT2D eigenvalue weighted by molar-refractivity contribution is 5.94. The molecule has 2 atom stereocenters. The number of carboxylic acid groups (broad SMARTS) is 1. The van der Waals surface area contributed by atoms with Crippen LogP contribution < -0.4 is 0 Å². The third-order valence-corrected chi connectivity index (χ3v) is 7.57. The number of alkyl halides is 6. The molecule has 1 aliphatic rings. The standard InChI is InChI=1S/C32H31F6NO3/c1-19(2)14-28(30(41)42)25-16-23(20-5-9-26(10-6-20)31(33,34)35)15-24(17-25)22-4-3-13-39(18-22)29(40)21-7-11-27(12-8-21)32(36,37)38/h5-12,15-17,19,22,28H,3-4,13-14,18H2,1-2H3,(H,41,42). The first-order chi connectivity index (χ1) is 19.6. The highest BCUT2D eigenvalue weighted by Gasteiger charge is 2.32. The summed E-state index contributed by atoms with van der Waals surface area (Å²) in [4.78, 5) is 27.0. The maximum absolute atomic E-state index is 13.2. The van der Waals surface area contributed by atoms with E-state index in [0.29, 0.717) is 42.5 Å². The lowest BCUT2D eigenvalue weighted by Crippen LogP contribution is -2.39. The van der Waals surface area contributed by atoms with Gasteiger partial charge in [0.1, 0.15) is 0 Å². The molecule has 2 unspecified atom stereocenters. The van der Waals surface area contributed by atoms with E-state index in [1.54, 1.807) is 17.0 Å². The molecule has 4 nitrogen and oxygen atoms in total. The SMILES string of the molecule is CC(C)CC(C(=O)O)c1cc(-c2ccc(C(F)(F)F)cc2)cc(C2CCCN(C(=O)c3ccc(C(F)(F)F)cc3)C2)c1. The number of amides is 1. The van der Waals surface area contributed by atoms with Crippen LogP contribution in [0, 0.1) is 5.92 Å². The van der Waals surface area contributed by atoms with Crippen molar-refractivity contribution in [1.29, 1.82) is 0 Å². The van der Waals surface area contributed by atoms with Gasteiger partial charge in [0.15, 0.2) is 0 Å². The first-order valence-electron chi connectivity index (χ1n) is 13.7. The van der Waals surface area contributed by atoms with E-state index in [-0.39, 0.29) is 23.9 Å². The summed E-state index contributed by atoms with van der Waals surface area (Å²) >= 11 is 0. The van der Waals surface area contributed by atoms with Crippen LogP contribution in [0.1, 0.15) is 77.6 Å². The molecular formula is C32H31F6NO3. The second-order valence-corrected chi connectivity index (χ2v) is 11.1. The fraction of sp³-hybridized carbons (Fsp3) is 0.375. The second kappa shape index (κ2) is 12.2. The van der Waals surface area contributed by atoms with Gasteiger partial charge in [-0.1, -0.05) is 44.2 Å². The summed E-state index contributed by atoms with van der Waals surface area (Å²) in [6.07, 6.45) is -7.37. The summed E-state index contributed by atoms with van der Waals surface area (Å²) < 4.78 is 78.4. The molecule has 42 heavy (non-hydrogen) atoms. The Morgan fingerprint density at radius 2 is 1.43 bits per heavy atom. The Balaban J connectivity index is 1.68. The van der Waals surface area contributed by atoms with Gasteiger partial charge in [-0.25, -0.2) is 0 Å². The zero-order chi connectivity index (χ0) is 30.8. The van der Waals surface area contributed by atoms with Gasteiger partial charge >= 0.3 is 18.3 Å². The Labute approximate surface area is 240 Å². The molecule has 0 saturated carbocycles. The fourth-order valence-corrected chi connectivity index (χ4v) is 5.40. The zero-order valence-electron chi connectivity index (χ0n) is 23.1. The summed E-state index contributed by atoms with van der Waals surface area (Å²) in [5, 5.41) is 10.0. The average molecular weight is 592 g/mol. The number of carbonyl (C=O) groups excluding carboxylic acids is 1. The Hall–Kier alpha value is -3.82. The largest absolute Gasteiger partial charge is 0.481 e. The predicted octanol–water partition coefficient (Wildman–Crippen LogP) is 8.63.